The number of carbonyl (C=O) groups is 3. The first-order chi connectivity index (χ1) is 19.1. The number of ether oxygens (including phenoxy) is 5. The minimum absolute atomic E-state index is 0.0285. The van der Waals surface area contributed by atoms with E-state index in [0.717, 1.165) is 0 Å². The summed E-state index contributed by atoms with van der Waals surface area (Å²) < 4.78 is 27.5. The highest BCUT2D eigenvalue weighted by Crippen LogP contribution is 2.40. The highest BCUT2D eigenvalue weighted by Gasteiger charge is 2.31. The molecule has 0 saturated carbocycles. The number of benzene rings is 2. The van der Waals surface area contributed by atoms with Crippen LogP contribution in [-0.2, 0) is 9.53 Å². The Morgan fingerprint density at radius 2 is 1.68 bits per heavy atom. The normalized spacial score (nSPS) is 15.2. The Kier molecular flexibility index (Phi) is 9.49. The highest BCUT2D eigenvalue weighted by atomic mass is 16.6. The number of ketones is 1. The molecule has 0 fully saturated rings. The van der Waals surface area contributed by atoms with E-state index in [1.54, 1.807) is 58.2 Å². The Balaban J connectivity index is 1.84. The van der Waals surface area contributed by atoms with Gasteiger partial charge in [0.2, 0.25) is 0 Å². The largest absolute Gasteiger partial charge is 0.496 e. The van der Waals surface area contributed by atoms with Gasteiger partial charge in [-0.1, -0.05) is 12.1 Å². The molecule has 0 bridgehead atoms. The predicted molar refractivity (Wildman–Crippen MR) is 154 cm³/mol. The molecule has 0 aromatic heterocycles. The van der Waals surface area contributed by atoms with E-state index >= 15 is 0 Å². The zero-order chi connectivity index (χ0) is 30.5. The molecule has 2 atom stereocenters. The lowest BCUT2D eigenvalue weighted by Gasteiger charge is -2.29. The predicted octanol–water partition coefficient (Wildman–Crippen LogP) is 4.96. The summed E-state index contributed by atoms with van der Waals surface area (Å²) in [5.74, 6) is 0.0399. The summed E-state index contributed by atoms with van der Waals surface area (Å²) in [5, 5.41) is 12.5. The minimum atomic E-state index is -1.41. The second-order valence-electron chi connectivity index (χ2n) is 11.0. The number of rotatable bonds is 9. The van der Waals surface area contributed by atoms with Crippen molar-refractivity contribution in [2.24, 2.45) is 0 Å². The first-order valence-electron chi connectivity index (χ1n) is 13.0. The van der Waals surface area contributed by atoms with Gasteiger partial charge in [0.05, 0.1) is 31.5 Å². The SMILES string of the molecule is COc1ccc(C=CC(=O)c2ccc(OC)c3c2OC(C)(C)C=C3)cc1OC(=O)C(NC(=O)OC(C)(C)C)C(C)O. The van der Waals surface area contributed by atoms with Crippen molar-refractivity contribution in [2.75, 3.05) is 14.2 Å². The first-order valence-corrected chi connectivity index (χ1v) is 13.0. The molecule has 41 heavy (non-hydrogen) atoms. The molecule has 1 heterocycles. The van der Waals surface area contributed by atoms with Gasteiger partial charge in [-0.05, 0) is 89.6 Å². The highest BCUT2D eigenvalue weighted by molar-refractivity contribution is 6.09. The Labute approximate surface area is 239 Å². The smallest absolute Gasteiger partial charge is 0.408 e. The van der Waals surface area contributed by atoms with Crippen LogP contribution in [-0.4, -0.2) is 60.5 Å². The monoisotopic (exact) mass is 567 g/mol. The van der Waals surface area contributed by atoms with Crippen LogP contribution in [0.15, 0.2) is 42.5 Å². The lowest BCUT2D eigenvalue weighted by atomic mass is 9.97. The number of methoxy groups -OCH3 is 2. The summed E-state index contributed by atoms with van der Waals surface area (Å²) in [5.41, 5.74) is 0.164. The van der Waals surface area contributed by atoms with E-state index < -0.39 is 35.4 Å². The number of allylic oxidation sites excluding steroid dienone is 1. The average Bonchev–Trinajstić information content (AvgIpc) is 2.88. The molecule has 2 aromatic carbocycles. The Morgan fingerprint density at radius 1 is 1.02 bits per heavy atom. The van der Waals surface area contributed by atoms with Crippen LogP contribution in [0.5, 0.6) is 23.0 Å². The van der Waals surface area contributed by atoms with Crippen molar-refractivity contribution in [1.82, 2.24) is 5.32 Å². The summed E-state index contributed by atoms with van der Waals surface area (Å²) in [4.78, 5) is 38.3. The van der Waals surface area contributed by atoms with Crippen molar-refractivity contribution in [3.8, 4) is 23.0 Å². The molecule has 0 radical (unpaired) electrons. The van der Waals surface area contributed by atoms with Crippen molar-refractivity contribution in [3.63, 3.8) is 0 Å². The number of alkyl carbamates (subject to hydrolysis) is 1. The number of esters is 1. The summed E-state index contributed by atoms with van der Waals surface area (Å²) in [6, 6.07) is 6.69. The van der Waals surface area contributed by atoms with Gasteiger partial charge in [-0.15, -0.1) is 0 Å². The molecule has 0 saturated heterocycles. The first kappa shape index (κ1) is 31.2. The summed E-state index contributed by atoms with van der Waals surface area (Å²) in [6.07, 6.45) is 4.55. The fourth-order valence-corrected chi connectivity index (χ4v) is 3.92. The number of aliphatic hydroxyl groups is 1. The molecule has 220 valence electrons. The van der Waals surface area contributed by atoms with Gasteiger partial charge in [0.25, 0.3) is 0 Å². The van der Waals surface area contributed by atoms with E-state index in [0.29, 0.717) is 28.2 Å². The maximum absolute atomic E-state index is 13.2. The van der Waals surface area contributed by atoms with Crippen LogP contribution < -0.4 is 24.3 Å². The maximum atomic E-state index is 13.2. The van der Waals surface area contributed by atoms with Crippen molar-refractivity contribution < 1.29 is 43.2 Å². The third-order valence-electron chi connectivity index (χ3n) is 5.89. The Bertz CT molecular complexity index is 1370. The molecule has 3 rings (SSSR count). The van der Waals surface area contributed by atoms with Crippen molar-refractivity contribution in [3.05, 3.63) is 59.2 Å². The van der Waals surface area contributed by atoms with Crippen molar-refractivity contribution in [2.45, 2.75) is 64.9 Å². The molecule has 10 nitrogen and oxygen atoms in total. The second kappa shape index (κ2) is 12.5. The molecule has 1 amide bonds. The van der Waals surface area contributed by atoms with Crippen LogP contribution in [0.2, 0.25) is 0 Å². The molecule has 1 aliphatic heterocycles. The molecule has 10 heteroatoms. The molecule has 2 N–H and O–H groups in total. The number of fused-ring (bicyclic) bond motifs is 1. The van der Waals surface area contributed by atoms with Crippen LogP contribution in [0.4, 0.5) is 4.79 Å². The maximum Gasteiger partial charge on any atom is 0.408 e. The fourth-order valence-electron chi connectivity index (χ4n) is 3.92. The molecule has 2 aromatic rings. The summed E-state index contributed by atoms with van der Waals surface area (Å²) in [7, 11) is 2.95. The van der Waals surface area contributed by atoms with E-state index in [1.165, 1.54) is 26.2 Å². The summed E-state index contributed by atoms with van der Waals surface area (Å²) in [6.45, 7) is 10.1. The van der Waals surface area contributed by atoms with Gasteiger partial charge < -0.3 is 34.1 Å². The average molecular weight is 568 g/mol. The minimum Gasteiger partial charge on any atom is -0.496 e. The second-order valence-corrected chi connectivity index (χ2v) is 11.0. The van der Waals surface area contributed by atoms with E-state index in [-0.39, 0.29) is 17.3 Å². The van der Waals surface area contributed by atoms with Gasteiger partial charge in [-0.25, -0.2) is 9.59 Å². The number of aliphatic hydroxyl groups excluding tert-OH is 1. The van der Waals surface area contributed by atoms with Gasteiger partial charge >= 0.3 is 12.1 Å². The quantitative estimate of drug-likeness (QED) is 0.187. The van der Waals surface area contributed by atoms with Gasteiger partial charge in [0.1, 0.15) is 22.7 Å². The number of hydrogen-bond acceptors (Lipinski definition) is 9. The van der Waals surface area contributed by atoms with Gasteiger partial charge in [0, 0.05) is 0 Å². The van der Waals surface area contributed by atoms with Crippen LogP contribution in [0.25, 0.3) is 12.2 Å². The molecular formula is C31H37NO9. The number of amides is 1. The van der Waals surface area contributed by atoms with Crippen molar-refractivity contribution >= 4 is 30.0 Å². The zero-order valence-corrected chi connectivity index (χ0v) is 24.6. The van der Waals surface area contributed by atoms with Crippen LogP contribution >= 0.6 is 0 Å². The van der Waals surface area contributed by atoms with E-state index in [2.05, 4.69) is 5.32 Å². The zero-order valence-electron chi connectivity index (χ0n) is 24.6. The number of hydrogen-bond donors (Lipinski definition) is 2. The topological polar surface area (TPSA) is 130 Å². The standard InChI is InChI=1S/C31H37NO9/c1-18(33)26(32-29(36)41-30(2,3)4)28(35)39-25-17-19(10-13-24(25)38-8)9-12-22(34)20-11-14-23(37-7)21-15-16-31(5,6)40-27(20)21/h9-18,26,33H,1-8H3,(H,32,36). The van der Waals surface area contributed by atoms with Gasteiger partial charge in [-0.3, -0.25) is 4.79 Å². The molecule has 2 unspecified atom stereocenters. The molecule has 0 spiro atoms. The van der Waals surface area contributed by atoms with Crippen molar-refractivity contribution in [1.29, 1.82) is 0 Å². The van der Waals surface area contributed by atoms with Crippen LogP contribution in [0, 0.1) is 0 Å². The number of nitrogens with one attached hydrogen (secondary N) is 1. The van der Waals surface area contributed by atoms with E-state index in [1.807, 2.05) is 26.0 Å². The van der Waals surface area contributed by atoms with Crippen LogP contribution in [0.3, 0.4) is 0 Å². The molecular weight excluding hydrogens is 530 g/mol. The Hall–Kier alpha value is -4.31. The number of carbonyl (C=O) groups excluding carboxylic acids is 3. The molecule has 0 aliphatic carbocycles. The van der Waals surface area contributed by atoms with E-state index in [4.69, 9.17) is 23.7 Å². The molecule has 1 aliphatic rings. The Morgan fingerprint density at radius 3 is 2.29 bits per heavy atom. The van der Waals surface area contributed by atoms with Crippen LogP contribution in [0.1, 0.15) is 63.0 Å². The fraction of sp³-hybridized carbons (Fsp3) is 0.387. The lowest BCUT2D eigenvalue weighted by Crippen LogP contribution is -2.50. The van der Waals surface area contributed by atoms with Gasteiger partial charge in [0.15, 0.2) is 23.3 Å². The van der Waals surface area contributed by atoms with E-state index in [9.17, 15) is 19.5 Å². The summed E-state index contributed by atoms with van der Waals surface area (Å²) >= 11 is 0. The third kappa shape index (κ3) is 8.11. The lowest BCUT2D eigenvalue weighted by molar-refractivity contribution is -0.139. The third-order valence-corrected chi connectivity index (χ3v) is 5.89. The van der Waals surface area contributed by atoms with Gasteiger partial charge in [-0.2, -0.15) is 0 Å².